The van der Waals surface area contributed by atoms with E-state index in [9.17, 15) is 0 Å². The van der Waals surface area contributed by atoms with Crippen molar-refractivity contribution in [2.45, 2.75) is 51.4 Å². The maximum Gasteiger partial charge on any atom is 0.126 e. The van der Waals surface area contributed by atoms with Crippen molar-refractivity contribution in [2.75, 3.05) is 5.73 Å². The quantitative estimate of drug-likeness (QED) is 0.825. The Bertz CT molecular complexity index is 407. The summed E-state index contributed by atoms with van der Waals surface area (Å²) in [6.07, 6.45) is 7.69. The van der Waals surface area contributed by atoms with E-state index in [1.807, 2.05) is 0 Å². The number of aromatic nitrogens is 1. The molecular weight excluding hydrogens is 196 g/mol. The van der Waals surface area contributed by atoms with Crippen LogP contribution in [0.25, 0.3) is 0 Å². The molecule has 86 valence electrons. The average molecular weight is 216 g/mol. The van der Waals surface area contributed by atoms with E-state index in [2.05, 4.69) is 18.0 Å². The van der Waals surface area contributed by atoms with E-state index >= 15 is 0 Å². The fourth-order valence-corrected chi connectivity index (χ4v) is 2.79. The summed E-state index contributed by atoms with van der Waals surface area (Å²) in [6.45, 7) is 2.27. The van der Waals surface area contributed by atoms with Gasteiger partial charge in [-0.2, -0.15) is 0 Å². The molecule has 0 radical (unpaired) electrons. The Hall–Kier alpha value is -1.05. The van der Waals surface area contributed by atoms with Crippen LogP contribution in [0.3, 0.4) is 0 Å². The van der Waals surface area contributed by atoms with Crippen LogP contribution < -0.4 is 5.73 Å². The average Bonchev–Trinajstić information content (AvgIpc) is 3.05. The lowest BCUT2D eigenvalue weighted by Gasteiger charge is -2.22. The Balaban J connectivity index is 1.95. The highest BCUT2D eigenvalue weighted by Crippen LogP contribution is 2.36. The topological polar surface area (TPSA) is 38.9 Å². The van der Waals surface area contributed by atoms with Gasteiger partial charge in [0.15, 0.2) is 0 Å². The molecule has 16 heavy (non-hydrogen) atoms. The first kappa shape index (κ1) is 10.1. The van der Waals surface area contributed by atoms with Gasteiger partial charge in [-0.25, -0.2) is 4.98 Å². The van der Waals surface area contributed by atoms with Crippen LogP contribution in [0.5, 0.6) is 0 Å². The van der Waals surface area contributed by atoms with Crippen LogP contribution in [0, 0.1) is 5.92 Å². The molecule has 1 atom stereocenters. The second kappa shape index (κ2) is 3.76. The van der Waals surface area contributed by atoms with Gasteiger partial charge in [0.1, 0.15) is 5.82 Å². The molecular formula is C14H20N2. The fraction of sp³-hybridized carbons (Fsp3) is 0.643. The highest BCUT2D eigenvalue weighted by molar-refractivity contribution is 5.45. The number of anilines is 1. The molecule has 3 rings (SSSR count). The number of rotatable bonds is 2. The van der Waals surface area contributed by atoms with Crippen molar-refractivity contribution in [3.05, 3.63) is 22.9 Å². The second-order valence-corrected chi connectivity index (χ2v) is 5.52. The van der Waals surface area contributed by atoms with Gasteiger partial charge in [0, 0.05) is 5.69 Å². The van der Waals surface area contributed by atoms with E-state index < -0.39 is 0 Å². The lowest BCUT2D eigenvalue weighted by Crippen LogP contribution is -2.13. The highest BCUT2D eigenvalue weighted by Gasteiger charge is 2.25. The Morgan fingerprint density at radius 2 is 2.19 bits per heavy atom. The number of hydrogen-bond acceptors (Lipinski definition) is 2. The molecule has 1 aromatic heterocycles. The zero-order chi connectivity index (χ0) is 11.1. The third-order valence-corrected chi connectivity index (χ3v) is 4.00. The Morgan fingerprint density at radius 1 is 1.38 bits per heavy atom. The summed E-state index contributed by atoms with van der Waals surface area (Å²) in [4.78, 5) is 4.65. The van der Waals surface area contributed by atoms with Gasteiger partial charge in [0.25, 0.3) is 0 Å². The molecule has 0 saturated heterocycles. The van der Waals surface area contributed by atoms with Gasteiger partial charge in [-0.1, -0.05) is 13.0 Å². The van der Waals surface area contributed by atoms with Gasteiger partial charge >= 0.3 is 0 Å². The van der Waals surface area contributed by atoms with Crippen LogP contribution in [0.15, 0.2) is 6.07 Å². The van der Waals surface area contributed by atoms with E-state index in [-0.39, 0.29) is 0 Å². The molecule has 0 aliphatic heterocycles. The van der Waals surface area contributed by atoms with E-state index in [1.165, 1.54) is 48.9 Å². The summed E-state index contributed by atoms with van der Waals surface area (Å²) >= 11 is 0. The number of nitrogens with two attached hydrogens (primary N) is 1. The number of fused-ring (bicyclic) bond motifs is 1. The molecule has 2 heteroatoms. The molecule has 1 fully saturated rings. The van der Waals surface area contributed by atoms with Crippen molar-refractivity contribution in [1.82, 2.24) is 4.98 Å². The largest absolute Gasteiger partial charge is 0.383 e. The van der Waals surface area contributed by atoms with Crippen LogP contribution >= 0.6 is 0 Å². The second-order valence-electron chi connectivity index (χ2n) is 5.52. The van der Waals surface area contributed by atoms with Crippen LogP contribution in [-0.2, 0) is 12.8 Å². The normalized spacial score (nSPS) is 24.2. The Kier molecular flexibility index (Phi) is 2.38. The molecule has 1 aromatic rings. The van der Waals surface area contributed by atoms with Crippen molar-refractivity contribution in [2.24, 2.45) is 5.92 Å². The van der Waals surface area contributed by atoms with Gasteiger partial charge in [-0.05, 0) is 61.5 Å². The van der Waals surface area contributed by atoms with Crippen molar-refractivity contribution in [3.8, 4) is 0 Å². The van der Waals surface area contributed by atoms with Crippen LogP contribution in [-0.4, -0.2) is 4.98 Å². The molecule has 2 aliphatic carbocycles. The van der Waals surface area contributed by atoms with E-state index in [0.29, 0.717) is 5.92 Å². The van der Waals surface area contributed by atoms with Gasteiger partial charge in [-0.15, -0.1) is 0 Å². The van der Waals surface area contributed by atoms with E-state index in [0.717, 1.165) is 18.2 Å². The molecule has 0 bridgehead atoms. The maximum absolute atomic E-state index is 6.07. The SMILES string of the molecule is CC1CCCc2cc(CC3CC3)c(N)nc21. The van der Waals surface area contributed by atoms with E-state index in [4.69, 9.17) is 5.73 Å². The van der Waals surface area contributed by atoms with Crippen LogP contribution in [0.2, 0.25) is 0 Å². The van der Waals surface area contributed by atoms with Crippen molar-refractivity contribution in [1.29, 1.82) is 0 Å². The molecule has 1 heterocycles. The summed E-state index contributed by atoms with van der Waals surface area (Å²) in [5.74, 6) is 2.28. The predicted molar refractivity (Wildman–Crippen MR) is 66.4 cm³/mol. The Labute approximate surface area is 97.3 Å². The first-order valence-corrected chi connectivity index (χ1v) is 6.52. The van der Waals surface area contributed by atoms with Gasteiger partial charge in [0.05, 0.1) is 0 Å². The standard InChI is InChI=1S/C14H20N2/c1-9-3-2-4-11-8-12(7-10-5-6-10)14(15)16-13(9)11/h8-10H,2-7H2,1H3,(H2,15,16). The van der Waals surface area contributed by atoms with Crippen molar-refractivity contribution >= 4 is 5.82 Å². The van der Waals surface area contributed by atoms with E-state index in [1.54, 1.807) is 0 Å². The van der Waals surface area contributed by atoms with Gasteiger partial charge in [-0.3, -0.25) is 0 Å². The van der Waals surface area contributed by atoms with Crippen molar-refractivity contribution in [3.63, 3.8) is 0 Å². The zero-order valence-electron chi connectivity index (χ0n) is 10.00. The maximum atomic E-state index is 6.07. The molecule has 1 unspecified atom stereocenters. The third-order valence-electron chi connectivity index (χ3n) is 4.00. The minimum atomic E-state index is 0.598. The van der Waals surface area contributed by atoms with Gasteiger partial charge < -0.3 is 5.73 Å². The molecule has 2 N–H and O–H groups in total. The molecule has 0 spiro atoms. The number of aryl methyl sites for hydroxylation is 1. The molecule has 2 aliphatic rings. The zero-order valence-corrected chi connectivity index (χ0v) is 10.00. The summed E-state index contributed by atoms with van der Waals surface area (Å²) in [5.41, 5.74) is 10.1. The van der Waals surface area contributed by atoms with Crippen LogP contribution in [0.4, 0.5) is 5.82 Å². The smallest absolute Gasteiger partial charge is 0.126 e. The third kappa shape index (κ3) is 1.81. The summed E-state index contributed by atoms with van der Waals surface area (Å²) in [7, 11) is 0. The first-order chi connectivity index (χ1) is 7.74. The minimum Gasteiger partial charge on any atom is -0.383 e. The summed E-state index contributed by atoms with van der Waals surface area (Å²) in [6, 6.07) is 2.34. The fourth-order valence-electron chi connectivity index (χ4n) is 2.79. The summed E-state index contributed by atoms with van der Waals surface area (Å²) in [5, 5.41) is 0. The lowest BCUT2D eigenvalue weighted by atomic mass is 9.87. The number of pyridine rings is 1. The Morgan fingerprint density at radius 3 is 2.94 bits per heavy atom. The monoisotopic (exact) mass is 216 g/mol. The minimum absolute atomic E-state index is 0.598. The predicted octanol–water partition coefficient (Wildman–Crippen LogP) is 3.06. The number of hydrogen-bond donors (Lipinski definition) is 1. The van der Waals surface area contributed by atoms with Crippen LogP contribution in [0.1, 0.15) is 55.3 Å². The molecule has 0 amide bonds. The van der Waals surface area contributed by atoms with Gasteiger partial charge in [0.2, 0.25) is 0 Å². The van der Waals surface area contributed by atoms with Crippen molar-refractivity contribution < 1.29 is 0 Å². The first-order valence-electron chi connectivity index (χ1n) is 6.52. The highest BCUT2D eigenvalue weighted by atomic mass is 14.9. The molecule has 0 aromatic carbocycles. The number of nitrogens with zero attached hydrogens (tertiary/aromatic N) is 1. The molecule has 1 saturated carbocycles. The lowest BCUT2D eigenvalue weighted by molar-refractivity contribution is 0.573. The molecule has 2 nitrogen and oxygen atoms in total. The summed E-state index contributed by atoms with van der Waals surface area (Å²) < 4.78 is 0. The number of nitrogen functional groups attached to an aromatic ring is 1.